The molecule has 0 unspecified atom stereocenters. The van der Waals surface area contributed by atoms with Gasteiger partial charge in [0.05, 0.1) is 0 Å². The Morgan fingerprint density at radius 3 is 1.93 bits per heavy atom. The molecule has 0 N–H and O–H groups in total. The lowest BCUT2D eigenvalue weighted by Crippen LogP contribution is -2.29. The summed E-state index contributed by atoms with van der Waals surface area (Å²) in [5.41, 5.74) is -3.55. The second-order valence-electron chi connectivity index (χ2n) is 5.39. The summed E-state index contributed by atoms with van der Waals surface area (Å²) >= 11 is 0. The van der Waals surface area contributed by atoms with Gasteiger partial charge in [-0.3, -0.25) is 4.57 Å². The fourth-order valence-electron chi connectivity index (χ4n) is 2.16. The van der Waals surface area contributed by atoms with Crippen LogP contribution in [0.4, 0.5) is 13.2 Å². The summed E-state index contributed by atoms with van der Waals surface area (Å²) in [5.74, 6) is -0.796. The maximum absolute atomic E-state index is 12.7. The molecule has 0 amide bonds. The van der Waals surface area contributed by atoms with Crippen LogP contribution in [0.5, 0.6) is 5.75 Å². The van der Waals surface area contributed by atoms with Crippen molar-refractivity contribution in [3.8, 4) is 16.9 Å². The van der Waals surface area contributed by atoms with Crippen molar-refractivity contribution in [2.24, 2.45) is 0 Å². The highest BCUT2D eigenvalue weighted by molar-refractivity contribution is 7.88. The van der Waals surface area contributed by atoms with Crippen LogP contribution in [0, 0.1) is 6.92 Å². The van der Waals surface area contributed by atoms with Crippen molar-refractivity contribution in [3.63, 3.8) is 0 Å². The zero-order chi connectivity index (χ0) is 20.5. The van der Waals surface area contributed by atoms with Crippen molar-refractivity contribution in [2.45, 2.75) is 12.4 Å². The van der Waals surface area contributed by atoms with Crippen LogP contribution < -0.4 is 9.49 Å². The first kappa shape index (κ1) is 21.4. The largest absolute Gasteiger partial charge is 0.534 e. The molecule has 148 valence electrons. The molecular formula is C16H16F3O6PS. The van der Waals surface area contributed by atoms with Crippen molar-refractivity contribution >= 4 is 23.0 Å². The smallest absolute Gasteiger partial charge is 0.375 e. The monoisotopic (exact) mass is 424 g/mol. The predicted octanol–water partition coefficient (Wildman–Crippen LogP) is 4.00. The highest BCUT2D eigenvalue weighted by atomic mass is 32.2. The lowest BCUT2D eigenvalue weighted by atomic mass is 10.0. The maximum atomic E-state index is 12.7. The first-order chi connectivity index (χ1) is 12.4. The highest BCUT2D eigenvalue weighted by Crippen LogP contribution is 2.49. The molecule has 0 radical (unpaired) electrons. The van der Waals surface area contributed by atoms with Crippen LogP contribution in [0.3, 0.4) is 0 Å². The molecule has 0 saturated heterocycles. The molecule has 0 aliphatic rings. The van der Waals surface area contributed by atoms with Gasteiger partial charge in [0.25, 0.3) is 0 Å². The Morgan fingerprint density at radius 1 is 0.926 bits per heavy atom. The molecule has 6 nitrogen and oxygen atoms in total. The number of rotatable bonds is 6. The van der Waals surface area contributed by atoms with Gasteiger partial charge in [-0.2, -0.15) is 21.6 Å². The van der Waals surface area contributed by atoms with E-state index in [0.717, 1.165) is 25.8 Å². The van der Waals surface area contributed by atoms with Gasteiger partial charge in [0.1, 0.15) is 5.30 Å². The standard InChI is InChI=1S/C16H16F3O6PS/c1-11-4-6-12(7-5-11)13-8-9-14(25-27(21,22)16(17,18)19)15(10-13)26(20,23-2)24-3/h4-10H,1-3H3. The molecule has 0 heterocycles. The molecule has 2 aromatic carbocycles. The highest BCUT2D eigenvalue weighted by Gasteiger charge is 2.49. The first-order valence-electron chi connectivity index (χ1n) is 7.37. The van der Waals surface area contributed by atoms with Crippen molar-refractivity contribution < 1.29 is 39.4 Å². The molecule has 11 heteroatoms. The Hall–Kier alpha value is -1.87. The second kappa shape index (κ2) is 7.63. The molecule has 0 spiro atoms. The topological polar surface area (TPSA) is 78.9 Å². The molecule has 0 bridgehead atoms. The van der Waals surface area contributed by atoms with Crippen LogP contribution in [-0.4, -0.2) is 28.1 Å². The van der Waals surface area contributed by atoms with Crippen molar-refractivity contribution in [3.05, 3.63) is 48.0 Å². The Labute approximate surface area is 154 Å². The quantitative estimate of drug-likeness (QED) is 0.396. The lowest BCUT2D eigenvalue weighted by molar-refractivity contribution is -0.0499. The molecule has 0 saturated carbocycles. The van der Waals surface area contributed by atoms with Crippen LogP contribution in [0.15, 0.2) is 42.5 Å². The molecule has 0 aliphatic heterocycles. The number of hydrogen-bond donors (Lipinski definition) is 0. The summed E-state index contributed by atoms with van der Waals surface area (Å²) in [6, 6.07) is 10.6. The van der Waals surface area contributed by atoms with Gasteiger partial charge in [-0.05, 0) is 30.2 Å². The zero-order valence-electron chi connectivity index (χ0n) is 14.5. The van der Waals surface area contributed by atoms with Crippen molar-refractivity contribution in [2.75, 3.05) is 14.2 Å². The minimum absolute atomic E-state index is 0.446. The van der Waals surface area contributed by atoms with E-state index in [1.807, 2.05) is 6.92 Å². The van der Waals surface area contributed by atoms with E-state index in [9.17, 15) is 26.2 Å². The zero-order valence-corrected chi connectivity index (χ0v) is 16.2. The first-order valence-corrected chi connectivity index (χ1v) is 10.3. The van der Waals surface area contributed by atoms with Crippen LogP contribution in [0.2, 0.25) is 0 Å². The van der Waals surface area contributed by atoms with Gasteiger partial charge in [-0.25, -0.2) is 0 Å². The summed E-state index contributed by atoms with van der Waals surface area (Å²) in [4.78, 5) is 0. The SMILES string of the molecule is COP(=O)(OC)c1cc(-c2ccc(C)cc2)ccc1OS(=O)(=O)C(F)(F)F. The predicted molar refractivity (Wildman–Crippen MR) is 93.5 cm³/mol. The van der Waals surface area contributed by atoms with E-state index in [-0.39, 0.29) is 0 Å². The Balaban J connectivity index is 2.64. The lowest BCUT2D eigenvalue weighted by Gasteiger charge is -2.19. The van der Waals surface area contributed by atoms with E-state index in [4.69, 9.17) is 9.05 Å². The van der Waals surface area contributed by atoms with Gasteiger partial charge in [0, 0.05) is 14.2 Å². The molecule has 2 aromatic rings. The van der Waals surface area contributed by atoms with E-state index >= 15 is 0 Å². The molecular weight excluding hydrogens is 408 g/mol. The molecule has 2 rings (SSSR count). The van der Waals surface area contributed by atoms with Gasteiger partial charge in [-0.15, -0.1) is 0 Å². The third-order valence-electron chi connectivity index (χ3n) is 3.60. The van der Waals surface area contributed by atoms with E-state index in [1.54, 1.807) is 24.3 Å². The minimum Gasteiger partial charge on any atom is -0.375 e. The third kappa shape index (κ3) is 4.52. The molecule has 0 aromatic heterocycles. The normalized spacial score (nSPS) is 12.8. The fourth-order valence-corrected chi connectivity index (χ4v) is 3.93. The number of benzene rings is 2. The average Bonchev–Trinajstić information content (AvgIpc) is 2.61. The van der Waals surface area contributed by atoms with Gasteiger partial charge < -0.3 is 13.2 Å². The summed E-state index contributed by atoms with van der Waals surface area (Å²) < 4.78 is 87.2. The van der Waals surface area contributed by atoms with Crippen LogP contribution in [0.25, 0.3) is 11.1 Å². The second-order valence-corrected chi connectivity index (χ2v) is 9.14. The number of alkyl halides is 3. The summed E-state index contributed by atoms with van der Waals surface area (Å²) in [6.07, 6.45) is 0. The Morgan fingerprint density at radius 2 is 1.44 bits per heavy atom. The van der Waals surface area contributed by atoms with E-state index in [2.05, 4.69) is 4.18 Å². The molecule has 0 fully saturated rings. The van der Waals surface area contributed by atoms with E-state index in [1.165, 1.54) is 12.1 Å². The summed E-state index contributed by atoms with van der Waals surface area (Å²) in [5, 5.41) is -0.446. The summed E-state index contributed by atoms with van der Waals surface area (Å²) in [7, 11) is -8.05. The number of hydrogen-bond acceptors (Lipinski definition) is 6. The molecule has 0 aliphatic carbocycles. The van der Waals surface area contributed by atoms with E-state index in [0.29, 0.717) is 11.1 Å². The van der Waals surface area contributed by atoms with Gasteiger partial charge in [0.15, 0.2) is 5.75 Å². The molecule has 0 atom stereocenters. The maximum Gasteiger partial charge on any atom is 0.534 e. The Kier molecular flexibility index (Phi) is 6.06. The van der Waals surface area contributed by atoms with Crippen molar-refractivity contribution in [1.82, 2.24) is 0 Å². The van der Waals surface area contributed by atoms with Crippen LogP contribution in [0.1, 0.15) is 5.56 Å². The fraction of sp³-hybridized carbons (Fsp3) is 0.250. The van der Waals surface area contributed by atoms with Gasteiger partial charge >= 0.3 is 23.2 Å². The Bertz CT molecular complexity index is 963. The average molecular weight is 424 g/mol. The molecule has 27 heavy (non-hydrogen) atoms. The number of halogens is 3. The van der Waals surface area contributed by atoms with Crippen LogP contribution in [-0.2, 0) is 23.7 Å². The van der Waals surface area contributed by atoms with E-state index < -0.39 is 34.3 Å². The third-order valence-corrected chi connectivity index (χ3v) is 6.47. The van der Waals surface area contributed by atoms with Crippen molar-refractivity contribution in [1.29, 1.82) is 0 Å². The van der Waals surface area contributed by atoms with Crippen LogP contribution >= 0.6 is 7.60 Å². The van der Waals surface area contributed by atoms with Gasteiger partial charge in [0.2, 0.25) is 0 Å². The van der Waals surface area contributed by atoms with Gasteiger partial charge in [-0.1, -0.05) is 35.9 Å². The minimum atomic E-state index is -5.97. The summed E-state index contributed by atoms with van der Waals surface area (Å²) in [6.45, 7) is 1.87. The number of aryl methyl sites for hydroxylation is 1.